The van der Waals surface area contributed by atoms with Crippen molar-refractivity contribution in [3.63, 3.8) is 0 Å². The summed E-state index contributed by atoms with van der Waals surface area (Å²) in [6.07, 6.45) is 3.75. The first-order chi connectivity index (χ1) is 6.25. The Morgan fingerprint density at radius 2 is 2.15 bits per heavy atom. The van der Waals surface area contributed by atoms with Crippen LogP contribution in [0, 0.1) is 0 Å². The lowest BCUT2D eigenvalue weighted by Crippen LogP contribution is -2.12. The lowest BCUT2D eigenvalue weighted by atomic mass is 9.98. The van der Waals surface area contributed by atoms with E-state index in [1.165, 1.54) is 0 Å². The van der Waals surface area contributed by atoms with Crippen LogP contribution in [-0.4, -0.2) is 21.8 Å². The van der Waals surface area contributed by atoms with Gasteiger partial charge in [-0.25, -0.2) is 0 Å². The van der Waals surface area contributed by atoms with Crippen molar-refractivity contribution in [3.05, 3.63) is 30.1 Å². The number of thiol groups is 1. The van der Waals surface area contributed by atoms with Gasteiger partial charge in [-0.3, -0.25) is 9.78 Å². The zero-order chi connectivity index (χ0) is 9.68. The van der Waals surface area contributed by atoms with Gasteiger partial charge in [-0.15, -0.1) is 0 Å². The molecule has 0 spiro atoms. The topological polar surface area (TPSA) is 50.2 Å². The molecule has 0 aliphatic carbocycles. The number of pyridine rings is 1. The molecular formula is C9H11NO2S. The van der Waals surface area contributed by atoms with Crippen LogP contribution in [0.15, 0.2) is 24.5 Å². The van der Waals surface area contributed by atoms with Gasteiger partial charge in [0.15, 0.2) is 0 Å². The minimum absolute atomic E-state index is 0.458. The van der Waals surface area contributed by atoms with E-state index >= 15 is 0 Å². The zero-order valence-corrected chi connectivity index (χ0v) is 7.95. The zero-order valence-electron chi connectivity index (χ0n) is 7.05. The molecule has 1 atom stereocenters. The van der Waals surface area contributed by atoms with Crippen LogP contribution in [0.5, 0.6) is 0 Å². The Morgan fingerprint density at radius 3 is 2.62 bits per heavy atom. The summed E-state index contributed by atoms with van der Waals surface area (Å²) < 4.78 is 0. The number of nitrogens with zero attached hydrogens (tertiary/aromatic N) is 1. The molecule has 0 aromatic carbocycles. The molecule has 1 aromatic heterocycles. The summed E-state index contributed by atoms with van der Waals surface area (Å²) in [6.45, 7) is 0. The quantitative estimate of drug-likeness (QED) is 0.720. The number of hydrogen-bond acceptors (Lipinski definition) is 3. The number of carboxylic acid groups (broad SMARTS) is 1. The Kier molecular flexibility index (Phi) is 3.76. The molecule has 0 radical (unpaired) electrons. The summed E-state index contributed by atoms with van der Waals surface area (Å²) in [5.41, 5.74) is 0.788. The summed E-state index contributed by atoms with van der Waals surface area (Å²) in [4.78, 5) is 14.7. The predicted molar refractivity (Wildman–Crippen MR) is 53.1 cm³/mol. The van der Waals surface area contributed by atoms with Gasteiger partial charge in [0.05, 0.1) is 5.92 Å². The normalized spacial score (nSPS) is 12.4. The van der Waals surface area contributed by atoms with E-state index < -0.39 is 11.9 Å². The second-order valence-corrected chi connectivity index (χ2v) is 3.13. The van der Waals surface area contributed by atoms with Crippen LogP contribution >= 0.6 is 12.6 Å². The van der Waals surface area contributed by atoms with Gasteiger partial charge in [0.1, 0.15) is 0 Å². The smallest absolute Gasteiger partial charge is 0.311 e. The van der Waals surface area contributed by atoms with Gasteiger partial charge in [-0.05, 0) is 29.9 Å². The molecule has 1 heterocycles. The van der Waals surface area contributed by atoms with Crippen molar-refractivity contribution in [2.24, 2.45) is 0 Å². The maximum absolute atomic E-state index is 10.8. The van der Waals surface area contributed by atoms with E-state index in [0.29, 0.717) is 12.2 Å². The second kappa shape index (κ2) is 4.87. The molecule has 1 aromatic rings. The average Bonchev–Trinajstić information content (AvgIpc) is 2.15. The van der Waals surface area contributed by atoms with Crippen molar-refractivity contribution in [2.75, 3.05) is 5.75 Å². The van der Waals surface area contributed by atoms with E-state index in [1.807, 2.05) is 0 Å². The lowest BCUT2D eigenvalue weighted by Gasteiger charge is -2.09. The summed E-state index contributed by atoms with van der Waals surface area (Å²) in [6, 6.07) is 3.45. The number of aromatic nitrogens is 1. The van der Waals surface area contributed by atoms with Crippen molar-refractivity contribution >= 4 is 18.6 Å². The molecule has 0 aliphatic rings. The van der Waals surface area contributed by atoms with E-state index in [1.54, 1.807) is 24.5 Å². The van der Waals surface area contributed by atoms with E-state index in [-0.39, 0.29) is 0 Å². The van der Waals surface area contributed by atoms with Gasteiger partial charge in [0.2, 0.25) is 0 Å². The Bertz CT molecular complexity index is 276. The molecule has 1 rings (SSSR count). The van der Waals surface area contributed by atoms with Crippen LogP contribution in [0.3, 0.4) is 0 Å². The average molecular weight is 197 g/mol. The summed E-state index contributed by atoms with van der Waals surface area (Å²) in [5.74, 6) is -0.694. The first kappa shape index (κ1) is 10.1. The molecule has 0 aliphatic heterocycles. The van der Waals surface area contributed by atoms with E-state index in [2.05, 4.69) is 17.6 Å². The third kappa shape index (κ3) is 2.73. The molecule has 0 saturated carbocycles. The maximum Gasteiger partial charge on any atom is 0.311 e. The van der Waals surface area contributed by atoms with Gasteiger partial charge in [-0.1, -0.05) is 0 Å². The van der Waals surface area contributed by atoms with Crippen molar-refractivity contribution in [3.8, 4) is 0 Å². The SMILES string of the molecule is O=C(O)C(CCS)c1ccncc1. The molecule has 70 valence electrons. The molecule has 1 N–H and O–H groups in total. The van der Waals surface area contributed by atoms with Gasteiger partial charge in [0, 0.05) is 12.4 Å². The minimum Gasteiger partial charge on any atom is -0.481 e. The van der Waals surface area contributed by atoms with E-state index in [9.17, 15) is 4.79 Å². The number of carboxylic acids is 1. The number of carbonyl (C=O) groups is 1. The Balaban J connectivity index is 2.82. The predicted octanol–water partition coefficient (Wildman–Crippen LogP) is 1.57. The summed E-state index contributed by atoms with van der Waals surface area (Å²) in [5, 5.41) is 8.90. The van der Waals surface area contributed by atoms with Gasteiger partial charge in [0.25, 0.3) is 0 Å². The minimum atomic E-state index is -0.805. The fourth-order valence-corrected chi connectivity index (χ4v) is 1.42. The standard InChI is InChI=1S/C9H11NO2S/c11-9(12)8(3-6-13)7-1-4-10-5-2-7/h1-2,4-5,8,13H,3,6H2,(H,11,12). The van der Waals surface area contributed by atoms with Crippen LogP contribution < -0.4 is 0 Å². The largest absolute Gasteiger partial charge is 0.481 e. The van der Waals surface area contributed by atoms with E-state index in [0.717, 1.165) is 5.56 Å². The second-order valence-electron chi connectivity index (χ2n) is 2.68. The van der Waals surface area contributed by atoms with Crippen molar-refractivity contribution in [2.45, 2.75) is 12.3 Å². The third-order valence-electron chi connectivity index (χ3n) is 1.82. The lowest BCUT2D eigenvalue weighted by molar-refractivity contribution is -0.138. The molecule has 1 unspecified atom stereocenters. The van der Waals surface area contributed by atoms with Gasteiger partial charge in [-0.2, -0.15) is 12.6 Å². The Morgan fingerprint density at radius 1 is 1.54 bits per heavy atom. The molecule has 13 heavy (non-hydrogen) atoms. The molecule has 4 heteroatoms. The van der Waals surface area contributed by atoms with Gasteiger partial charge < -0.3 is 5.11 Å². The highest BCUT2D eigenvalue weighted by Crippen LogP contribution is 2.19. The highest BCUT2D eigenvalue weighted by molar-refractivity contribution is 7.80. The summed E-state index contributed by atoms with van der Waals surface area (Å²) >= 11 is 4.03. The fourth-order valence-electron chi connectivity index (χ4n) is 1.16. The van der Waals surface area contributed by atoms with Crippen LogP contribution in [0.1, 0.15) is 17.9 Å². The number of aliphatic carboxylic acids is 1. The molecule has 0 fully saturated rings. The highest BCUT2D eigenvalue weighted by Gasteiger charge is 2.17. The number of hydrogen-bond donors (Lipinski definition) is 2. The van der Waals surface area contributed by atoms with Crippen LogP contribution in [0.25, 0.3) is 0 Å². The van der Waals surface area contributed by atoms with Crippen LogP contribution in [0.2, 0.25) is 0 Å². The molecular weight excluding hydrogens is 186 g/mol. The molecule has 0 saturated heterocycles. The Labute approximate surface area is 82.2 Å². The molecule has 3 nitrogen and oxygen atoms in total. The van der Waals surface area contributed by atoms with Crippen LogP contribution in [0.4, 0.5) is 0 Å². The Hall–Kier alpha value is -1.03. The van der Waals surface area contributed by atoms with Crippen LogP contribution in [-0.2, 0) is 4.79 Å². The third-order valence-corrected chi connectivity index (χ3v) is 2.08. The van der Waals surface area contributed by atoms with Crippen molar-refractivity contribution in [1.82, 2.24) is 4.98 Å². The fraction of sp³-hybridized carbons (Fsp3) is 0.333. The monoisotopic (exact) mass is 197 g/mol. The van der Waals surface area contributed by atoms with Gasteiger partial charge >= 0.3 is 5.97 Å². The highest BCUT2D eigenvalue weighted by atomic mass is 32.1. The van der Waals surface area contributed by atoms with E-state index in [4.69, 9.17) is 5.11 Å². The summed E-state index contributed by atoms with van der Waals surface area (Å²) in [7, 11) is 0. The maximum atomic E-state index is 10.8. The first-order valence-corrected chi connectivity index (χ1v) is 4.62. The molecule has 0 bridgehead atoms. The number of rotatable bonds is 4. The van der Waals surface area contributed by atoms with Crippen molar-refractivity contribution < 1.29 is 9.90 Å². The van der Waals surface area contributed by atoms with Crippen molar-refractivity contribution in [1.29, 1.82) is 0 Å². The molecule has 0 amide bonds. The first-order valence-electron chi connectivity index (χ1n) is 3.99.